The minimum atomic E-state index is 0.0226. The maximum absolute atomic E-state index is 5.61. The molecule has 0 unspecified atom stereocenters. The SMILES string of the molecule is CCCCN(c1nc(CNCCCNc2nc(N(CCCC)C3CC(C)(C)N(C)C(C)(C)C3)nc(N(CCCC)C3CC(C)(C)N(C)C(C)(C)C3)n2)nc(N(CCCC)C2CC(C)(C)N(C)C(C)(C)C2)n1)C1CC(C)(C)N(C)C(C)(C)C1. The maximum atomic E-state index is 5.61. The van der Waals surface area contributed by atoms with Gasteiger partial charge in [-0.25, -0.2) is 0 Å². The Morgan fingerprint density at radius 3 is 0.841 bits per heavy atom. The van der Waals surface area contributed by atoms with Crippen LogP contribution in [0.15, 0.2) is 0 Å². The van der Waals surface area contributed by atoms with Gasteiger partial charge >= 0.3 is 0 Å². The van der Waals surface area contributed by atoms with Crippen LogP contribution in [0.5, 0.6) is 0 Å². The lowest BCUT2D eigenvalue weighted by atomic mass is 9.77. The van der Waals surface area contributed by atoms with Gasteiger partial charge in [0.2, 0.25) is 29.7 Å². The number of hydrogen-bond acceptors (Lipinski definition) is 16. The summed E-state index contributed by atoms with van der Waals surface area (Å²) in [6.45, 7) is 53.5. The number of nitrogens with zero attached hydrogens (tertiary/aromatic N) is 14. The second kappa shape index (κ2) is 26.8. The molecule has 2 aromatic heterocycles. The average molecular weight is 1140 g/mol. The van der Waals surface area contributed by atoms with Crippen LogP contribution in [-0.2, 0) is 6.54 Å². The number of anilines is 5. The number of unbranched alkanes of at least 4 members (excludes halogenated alkanes) is 4. The number of nitrogens with one attached hydrogen (secondary N) is 2. The van der Waals surface area contributed by atoms with E-state index in [1.165, 1.54) is 0 Å². The van der Waals surface area contributed by atoms with Gasteiger partial charge < -0.3 is 30.2 Å². The lowest BCUT2D eigenvalue weighted by Crippen LogP contribution is -2.63. The van der Waals surface area contributed by atoms with Crippen LogP contribution in [0.1, 0.15) is 253 Å². The first-order valence-electron chi connectivity index (χ1n) is 33.0. The fourth-order valence-corrected chi connectivity index (χ4v) is 15.3. The van der Waals surface area contributed by atoms with Gasteiger partial charge in [0, 0.05) is 101 Å². The van der Waals surface area contributed by atoms with Crippen LogP contribution in [0.2, 0.25) is 0 Å². The van der Waals surface area contributed by atoms with E-state index in [0.29, 0.717) is 36.7 Å². The fraction of sp³-hybridized carbons (Fsp3) is 0.909. The van der Waals surface area contributed by atoms with Crippen LogP contribution in [0.4, 0.5) is 29.7 Å². The molecule has 4 saturated heterocycles. The molecular weight excluding hydrogens is 1020 g/mol. The second-order valence-corrected chi connectivity index (χ2v) is 31.2. The van der Waals surface area contributed by atoms with E-state index >= 15 is 0 Å². The molecule has 4 fully saturated rings. The molecule has 0 atom stereocenters. The lowest BCUT2D eigenvalue weighted by molar-refractivity contribution is -0.0135. The molecule has 0 bridgehead atoms. The van der Waals surface area contributed by atoms with Crippen molar-refractivity contribution in [2.45, 2.75) is 323 Å². The average Bonchev–Trinajstić information content (AvgIpc) is 2.33. The van der Waals surface area contributed by atoms with Gasteiger partial charge in [0.15, 0.2) is 0 Å². The molecule has 0 saturated carbocycles. The van der Waals surface area contributed by atoms with Gasteiger partial charge in [-0.1, -0.05) is 53.4 Å². The Bertz CT molecular complexity index is 1950. The highest BCUT2D eigenvalue weighted by Gasteiger charge is 2.50. The Morgan fingerprint density at radius 2 is 0.598 bits per heavy atom. The van der Waals surface area contributed by atoms with Crippen molar-refractivity contribution in [3.63, 3.8) is 0 Å². The summed E-state index contributed by atoms with van der Waals surface area (Å²) in [5.41, 5.74) is 0.198. The van der Waals surface area contributed by atoms with Crippen molar-refractivity contribution in [2.75, 3.05) is 92.4 Å². The van der Waals surface area contributed by atoms with Gasteiger partial charge in [-0.05, 0) is 229 Å². The van der Waals surface area contributed by atoms with Gasteiger partial charge in [0.05, 0.1) is 6.54 Å². The molecule has 16 nitrogen and oxygen atoms in total. The van der Waals surface area contributed by atoms with E-state index in [9.17, 15) is 0 Å². The highest BCUT2D eigenvalue weighted by Crippen LogP contribution is 2.45. The first-order chi connectivity index (χ1) is 38.1. The fourth-order valence-electron chi connectivity index (χ4n) is 15.3. The quantitative estimate of drug-likeness (QED) is 0.0823. The summed E-state index contributed by atoms with van der Waals surface area (Å²) >= 11 is 0. The number of aromatic nitrogens is 6. The largest absolute Gasteiger partial charge is 0.354 e. The number of hydrogen-bond donors (Lipinski definition) is 2. The first-order valence-corrected chi connectivity index (χ1v) is 33.0. The third-order valence-corrected chi connectivity index (χ3v) is 21.3. The second-order valence-electron chi connectivity index (χ2n) is 31.2. The molecule has 0 aromatic carbocycles. The van der Waals surface area contributed by atoms with E-state index in [0.717, 1.165) is 178 Å². The summed E-state index contributed by atoms with van der Waals surface area (Å²) in [7, 11) is 9.23. The molecule has 4 aliphatic heterocycles. The monoisotopic (exact) mass is 1140 g/mol. The normalized spacial score (nSPS) is 23.2. The number of piperidine rings is 4. The molecule has 0 amide bonds. The van der Waals surface area contributed by atoms with Crippen LogP contribution in [0.25, 0.3) is 0 Å². The Morgan fingerprint density at radius 1 is 0.354 bits per heavy atom. The van der Waals surface area contributed by atoms with Gasteiger partial charge in [-0.15, -0.1) is 0 Å². The van der Waals surface area contributed by atoms with E-state index in [1.807, 2.05) is 0 Å². The molecular formula is C66H126N16. The summed E-state index contributed by atoms with van der Waals surface area (Å²) < 4.78 is 0. The molecule has 2 aromatic rings. The Hall–Kier alpha value is -3.18. The summed E-state index contributed by atoms with van der Waals surface area (Å²) in [4.78, 5) is 53.7. The van der Waals surface area contributed by atoms with Crippen LogP contribution in [0, 0.1) is 0 Å². The van der Waals surface area contributed by atoms with E-state index in [4.69, 9.17) is 29.9 Å². The van der Waals surface area contributed by atoms with Crippen LogP contribution < -0.4 is 30.2 Å². The molecule has 2 N–H and O–H groups in total. The van der Waals surface area contributed by atoms with Crippen molar-refractivity contribution in [3.8, 4) is 0 Å². The highest BCUT2D eigenvalue weighted by atomic mass is 15.4. The zero-order chi connectivity index (χ0) is 61.0. The predicted octanol–water partition coefficient (Wildman–Crippen LogP) is 12.7. The van der Waals surface area contributed by atoms with Crippen molar-refractivity contribution < 1.29 is 0 Å². The minimum absolute atomic E-state index is 0.0226. The molecule has 0 radical (unpaired) electrons. The number of likely N-dealkylation sites (tertiary alicyclic amines) is 4. The van der Waals surface area contributed by atoms with Crippen molar-refractivity contribution >= 4 is 29.7 Å². The molecule has 6 rings (SSSR count). The van der Waals surface area contributed by atoms with Gasteiger partial charge in [0.1, 0.15) is 5.82 Å². The zero-order valence-electron chi connectivity index (χ0n) is 57.5. The van der Waals surface area contributed by atoms with Crippen LogP contribution in [0.3, 0.4) is 0 Å². The number of rotatable bonds is 27. The molecule has 0 spiro atoms. The third-order valence-electron chi connectivity index (χ3n) is 21.3. The van der Waals surface area contributed by atoms with E-state index in [2.05, 4.69) is 216 Å². The highest BCUT2D eigenvalue weighted by molar-refractivity contribution is 5.48. The van der Waals surface area contributed by atoms with Gasteiger partial charge in [-0.2, -0.15) is 29.9 Å². The summed E-state index contributed by atoms with van der Waals surface area (Å²) in [5, 5.41) is 7.63. The Kier molecular flexibility index (Phi) is 22.2. The molecule has 82 heavy (non-hydrogen) atoms. The van der Waals surface area contributed by atoms with Crippen molar-refractivity contribution in [1.29, 1.82) is 0 Å². The van der Waals surface area contributed by atoms with E-state index < -0.39 is 0 Å². The Labute approximate surface area is 503 Å². The molecule has 6 heterocycles. The van der Waals surface area contributed by atoms with Crippen LogP contribution in [-0.4, -0.2) is 185 Å². The third kappa shape index (κ3) is 16.1. The Balaban J connectivity index is 1.33. The van der Waals surface area contributed by atoms with Crippen molar-refractivity contribution in [1.82, 2.24) is 54.8 Å². The molecule has 470 valence electrons. The molecule has 16 heteroatoms. The van der Waals surface area contributed by atoms with E-state index in [1.54, 1.807) is 0 Å². The molecule has 4 aliphatic rings. The first kappa shape index (κ1) is 67.9. The summed E-state index contributed by atoms with van der Waals surface area (Å²) in [5.74, 6) is 4.81. The smallest absolute Gasteiger partial charge is 0.232 e. The van der Waals surface area contributed by atoms with Crippen LogP contribution >= 0.6 is 0 Å². The zero-order valence-corrected chi connectivity index (χ0v) is 57.5. The minimum Gasteiger partial charge on any atom is -0.354 e. The topological polar surface area (TPSA) is 127 Å². The lowest BCUT2D eigenvalue weighted by Gasteiger charge is -2.56. The van der Waals surface area contributed by atoms with Crippen molar-refractivity contribution in [2.24, 2.45) is 0 Å². The predicted molar refractivity (Wildman–Crippen MR) is 349 cm³/mol. The van der Waals surface area contributed by atoms with E-state index in [-0.39, 0.29) is 44.3 Å². The maximum Gasteiger partial charge on any atom is 0.232 e. The summed E-state index contributed by atoms with van der Waals surface area (Å²) in [6.07, 6.45) is 18.1. The standard InChI is InChI=1S/C66H126N16/c1-25-29-36-79(49-40-59(5,6)75(21)60(7,8)41-49)55-69-53(70-56(73-55)80(37-30-26-2)50-42-61(9,10)76(22)62(11,12)43-50)48-67-34-33-35-68-54-71-57(81(38-31-27-3)51-44-63(13,14)77(23)64(15,16)45-51)74-58(72-54)82(39-32-28-4)52-46-65(17,18)78(24)66(19,20)47-52/h49-52,67H,25-48H2,1-24H3,(H,68,71,72,74). The van der Waals surface area contributed by atoms with Gasteiger partial charge in [-0.3, -0.25) is 19.6 Å². The van der Waals surface area contributed by atoms with Crippen molar-refractivity contribution in [3.05, 3.63) is 5.82 Å². The molecule has 0 aliphatic carbocycles. The van der Waals surface area contributed by atoms with Gasteiger partial charge in [0.25, 0.3) is 0 Å². The summed E-state index contributed by atoms with van der Waals surface area (Å²) in [6, 6.07) is 1.20.